The van der Waals surface area contributed by atoms with E-state index in [-0.39, 0.29) is 23.8 Å². The third-order valence-corrected chi connectivity index (χ3v) is 9.57. The Hall–Kier alpha value is -2.32. The Morgan fingerprint density at radius 2 is 1.85 bits per heavy atom. The standard InChI is InChI=1S/C26H18BrClN2O3S/c27-15-7-10-19-18(11-15)26(23(31)29-19)25(17-3-1-2-4-21(17)33-24(25)32)22(20-12-34-13-30(20)26)14-5-8-16(28)9-6-14/h1-11,20,22H,12-13H2,(H,29,31)/t20-,22-,25-,26-/m1/s1. The molecule has 4 heterocycles. The molecule has 8 heteroatoms. The fraction of sp³-hybridized carbons (Fsp3) is 0.231. The molecule has 0 aliphatic carbocycles. The summed E-state index contributed by atoms with van der Waals surface area (Å²) in [6, 6.07) is 21.0. The number of para-hydroxylation sites is 1. The maximum Gasteiger partial charge on any atom is 0.325 e. The number of hydrogen-bond donors (Lipinski definition) is 1. The SMILES string of the molecule is O=C1Oc2ccccc2[C@@]12[C@H](c1ccc(Cl)cc1)[C@H]1CSCN1[C@]21C(=O)Nc2ccc(Br)cc21. The van der Waals surface area contributed by atoms with Crippen molar-refractivity contribution in [2.45, 2.75) is 22.9 Å². The Kier molecular flexibility index (Phi) is 4.39. The van der Waals surface area contributed by atoms with Crippen LogP contribution in [0.4, 0.5) is 5.69 Å². The van der Waals surface area contributed by atoms with Crippen molar-refractivity contribution < 1.29 is 14.3 Å². The number of anilines is 1. The summed E-state index contributed by atoms with van der Waals surface area (Å²) in [6.45, 7) is 0. The van der Waals surface area contributed by atoms with Crippen molar-refractivity contribution in [3.8, 4) is 5.75 Å². The highest BCUT2D eigenvalue weighted by atomic mass is 79.9. The smallest absolute Gasteiger partial charge is 0.325 e. The third-order valence-electron chi connectivity index (χ3n) is 7.79. The van der Waals surface area contributed by atoms with Crippen LogP contribution >= 0.6 is 39.3 Å². The fourth-order valence-corrected chi connectivity index (χ4v) is 8.50. The minimum atomic E-state index is -1.25. The molecule has 3 aromatic rings. The lowest BCUT2D eigenvalue weighted by Crippen LogP contribution is -2.61. The number of esters is 1. The molecule has 2 fully saturated rings. The summed E-state index contributed by atoms with van der Waals surface area (Å²) in [5.41, 5.74) is 0.792. The maximum absolute atomic E-state index is 14.3. The number of halogens is 2. The Morgan fingerprint density at radius 1 is 1.06 bits per heavy atom. The predicted octanol–water partition coefficient (Wildman–Crippen LogP) is 5.28. The molecule has 34 heavy (non-hydrogen) atoms. The van der Waals surface area contributed by atoms with Crippen LogP contribution in [0.2, 0.25) is 5.02 Å². The molecule has 2 spiro atoms. The van der Waals surface area contributed by atoms with Crippen molar-refractivity contribution in [1.29, 1.82) is 0 Å². The van der Waals surface area contributed by atoms with Crippen LogP contribution in [0.15, 0.2) is 71.2 Å². The second kappa shape index (κ2) is 7.10. The molecule has 0 aromatic heterocycles. The van der Waals surface area contributed by atoms with E-state index in [1.54, 1.807) is 11.8 Å². The molecule has 0 radical (unpaired) electrons. The monoisotopic (exact) mass is 552 g/mol. The van der Waals surface area contributed by atoms with E-state index in [2.05, 4.69) is 26.1 Å². The van der Waals surface area contributed by atoms with Crippen molar-refractivity contribution in [1.82, 2.24) is 4.90 Å². The molecule has 2 saturated heterocycles. The van der Waals surface area contributed by atoms with Gasteiger partial charge >= 0.3 is 5.97 Å². The van der Waals surface area contributed by atoms with Crippen LogP contribution in [-0.2, 0) is 20.5 Å². The number of rotatable bonds is 1. The molecule has 4 aliphatic heterocycles. The van der Waals surface area contributed by atoms with Crippen molar-refractivity contribution in [3.05, 3.63) is 92.9 Å². The highest BCUT2D eigenvalue weighted by Gasteiger charge is 2.81. The van der Waals surface area contributed by atoms with Gasteiger partial charge in [-0.15, -0.1) is 11.8 Å². The number of thioether (sulfide) groups is 1. The van der Waals surface area contributed by atoms with Gasteiger partial charge in [-0.25, -0.2) is 0 Å². The van der Waals surface area contributed by atoms with Crippen LogP contribution in [0, 0.1) is 0 Å². The first-order chi connectivity index (χ1) is 16.5. The minimum absolute atomic E-state index is 0.0411. The van der Waals surface area contributed by atoms with Gasteiger partial charge < -0.3 is 10.1 Å². The van der Waals surface area contributed by atoms with Gasteiger partial charge in [0.05, 0.1) is 0 Å². The van der Waals surface area contributed by atoms with Gasteiger partial charge in [0, 0.05) is 49.9 Å². The lowest BCUT2D eigenvalue weighted by Gasteiger charge is -2.42. The molecule has 1 N–H and O–H groups in total. The van der Waals surface area contributed by atoms with Gasteiger partial charge in [0.2, 0.25) is 0 Å². The Morgan fingerprint density at radius 3 is 2.68 bits per heavy atom. The summed E-state index contributed by atoms with van der Waals surface area (Å²) in [6.07, 6.45) is 0. The molecule has 1 amide bonds. The number of nitrogens with zero attached hydrogens (tertiary/aromatic N) is 1. The van der Waals surface area contributed by atoms with Crippen molar-refractivity contribution in [2.24, 2.45) is 0 Å². The first-order valence-corrected chi connectivity index (χ1v) is 13.4. The molecule has 0 unspecified atom stereocenters. The van der Waals surface area contributed by atoms with E-state index in [0.717, 1.165) is 32.6 Å². The largest absolute Gasteiger partial charge is 0.425 e. The molecule has 7 rings (SSSR count). The number of nitrogens with one attached hydrogen (secondary N) is 1. The average Bonchev–Trinajstić information content (AvgIpc) is 3.54. The summed E-state index contributed by atoms with van der Waals surface area (Å²) < 4.78 is 6.83. The molecule has 3 aromatic carbocycles. The number of ether oxygens (including phenoxy) is 1. The van der Waals surface area contributed by atoms with Crippen LogP contribution in [0.3, 0.4) is 0 Å². The van der Waals surface area contributed by atoms with Gasteiger partial charge in [-0.3, -0.25) is 14.5 Å². The number of amides is 1. The molecule has 0 bridgehead atoms. The van der Waals surface area contributed by atoms with E-state index in [4.69, 9.17) is 16.3 Å². The number of carbonyl (C=O) groups is 2. The predicted molar refractivity (Wildman–Crippen MR) is 135 cm³/mol. The van der Waals surface area contributed by atoms with Gasteiger partial charge in [-0.2, -0.15) is 0 Å². The zero-order valence-corrected chi connectivity index (χ0v) is 20.9. The highest BCUT2D eigenvalue weighted by molar-refractivity contribution is 9.10. The van der Waals surface area contributed by atoms with Gasteiger partial charge in [0.25, 0.3) is 5.91 Å². The number of benzene rings is 3. The van der Waals surface area contributed by atoms with Gasteiger partial charge in [0.15, 0.2) is 5.54 Å². The summed E-state index contributed by atoms with van der Waals surface area (Å²) in [5.74, 6) is 1.12. The maximum atomic E-state index is 14.3. The normalized spacial score (nSPS) is 31.0. The van der Waals surface area contributed by atoms with Crippen LogP contribution in [0.25, 0.3) is 0 Å². The summed E-state index contributed by atoms with van der Waals surface area (Å²) in [7, 11) is 0. The van der Waals surface area contributed by atoms with E-state index < -0.39 is 11.0 Å². The van der Waals surface area contributed by atoms with Crippen molar-refractivity contribution in [2.75, 3.05) is 16.9 Å². The lowest BCUT2D eigenvalue weighted by molar-refractivity contribution is -0.147. The van der Waals surface area contributed by atoms with E-state index in [1.807, 2.05) is 66.7 Å². The Labute approximate surface area is 213 Å². The summed E-state index contributed by atoms with van der Waals surface area (Å²) in [4.78, 5) is 30.8. The molecular weight excluding hydrogens is 536 g/mol. The summed E-state index contributed by atoms with van der Waals surface area (Å²) in [5, 5.41) is 3.74. The van der Waals surface area contributed by atoms with Crippen LogP contribution in [0.5, 0.6) is 5.75 Å². The van der Waals surface area contributed by atoms with E-state index in [1.165, 1.54) is 0 Å². The molecule has 4 aliphatic rings. The molecular formula is C26H18BrClN2O3S. The molecule has 5 nitrogen and oxygen atoms in total. The number of hydrogen-bond acceptors (Lipinski definition) is 5. The summed E-state index contributed by atoms with van der Waals surface area (Å²) >= 11 is 11.6. The van der Waals surface area contributed by atoms with Crippen molar-refractivity contribution in [3.63, 3.8) is 0 Å². The number of fused-ring (bicyclic) bond motifs is 7. The zero-order valence-electron chi connectivity index (χ0n) is 17.8. The van der Waals surface area contributed by atoms with E-state index >= 15 is 0 Å². The lowest BCUT2D eigenvalue weighted by atomic mass is 9.57. The third kappa shape index (κ3) is 2.32. The topological polar surface area (TPSA) is 58.6 Å². The fourth-order valence-electron chi connectivity index (χ4n) is 6.71. The van der Waals surface area contributed by atoms with Gasteiger partial charge in [0.1, 0.15) is 11.2 Å². The van der Waals surface area contributed by atoms with Gasteiger partial charge in [-0.05, 0) is 42.0 Å². The highest BCUT2D eigenvalue weighted by Crippen LogP contribution is 2.70. The van der Waals surface area contributed by atoms with Crippen LogP contribution in [-0.4, -0.2) is 34.4 Å². The zero-order chi connectivity index (χ0) is 23.2. The van der Waals surface area contributed by atoms with Gasteiger partial charge in [-0.1, -0.05) is 57.9 Å². The van der Waals surface area contributed by atoms with E-state index in [9.17, 15) is 9.59 Å². The number of carbonyl (C=O) groups excluding carboxylic acids is 2. The Bertz CT molecular complexity index is 1400. The average molecular weight is 554 g/mol. The quantitative estimate of drug-likeness (QED) is 0.328. The minimum Gasteiger partial charge on any atom is -0.425 e. The second-order valence-corrected chi connectivity index (χ2v) is 11.5. The molecule has 0 saturated carbocycles. The molecule has 4 atom stereocenters. The van der Waals surface area contributed by atoms with E-state index in [0.29, 0.717) is 16.6 Å². The van der Waals surface area contributed by atoms with Crippen LogP contribution < -0.4 is 10.1 Å². The first-order valence-electron chi connectivity index (χ1n) is 11.0. The van der Waals surface area contributed by atoms with Crippen molar-refractivity contribution >= 4 is 56.9 Å². The van der Waals surface area contributed by atoms with Crippen LogP contribution in [0.1, 0.15) is 22.6 Å². The molecule has 170 valence electrons. The Balaban J connectivity index is 1.64. The first kappa shape index (κ1) is 21.0. The second-order valence-electron chi connectivity index (χ2n) is 9.11.